The van der Waals surface area contributed by atoms with Gasteiger partial charge in [-0.15, -0.1) is 0 Å². The van der Waals surface area contributed by atoms with Crippen LogP contribution in [0.15, 0.2) is 24.3 Å². The van der Waals surface area contributed by atoms with Crippen LogP contribution in [-0.2, 0) is 4.79 Å². The number of rotatable bonds is 4. The van der Waals surface area contributed by atoms with E-state index in [1.807, 2.05) is 24.3 Å². The minimum absolute atomic E-state index is 0.189. The highest BCUT2D eigenvalue weighted by Crippen LogP contribution is 2.26. The summed E-state index contributed by atoms with van der Waals surface area (Å²) in [6.45, 7) is 6.72. The Morgan fingerprint density at radius 3 is 2.45 bits per heavy atom. The summed E-state index contributed by atoms with van der Waals surface area (Å²) in [6.07, 6.45) is 0. The fourth-order valence-corrected chi connectivity index (χ4v) is 2.66. The minimum atomic E-state index is -1.26. The second-order valence-electron chi connectivity index (χ2n) is 5.54. The highest BCUT2D eigenvalue weighted by molar-refractivity contribution is 6.33. The summed E-state index contributed by atoms with van der Waals surface area (Å²) in [4.78, 5) is 15.7. The van der Waals surface area contributed by atoms with Crippen molar-refractivity contribution in [2.75, 3.05) is 37.6 Å². The van der Waals surface area contributed by atoms with Crippen LogP contribution >= 0.6 is 11.6 Å². The molecule has 0 amide bonds. The lowest BCUT2D eigenvalue weighted by atomic mass is 10.0. The standard InChI is InChI=1S/C15H21ClN2O2/c1-12(19)15(2,20)11-17-7-9-18(10-8-17)14-6-4-3-5-13(14)16/h3-6,20H,7-11H2,1-2H3/t15-/m0/s1. The summed E-state index contributed by atoms with van der Waals surface area (Å²) in [6, 6.07) is 7.81. The molecule has 110 valence electrons. The molecule has 4 nitrogen and oxygen atoms in total. The van der Waals surface area contributed by atoms with Crippen LogP contribution in [-0.4, -0.2) is 54.1 Å². The molecule has 1 N–H and O–H groups in total. The highest BCUT2D eigenvalue weighted by atomic mass is 35.5. The van der Waals surface area contributed by atoms with Crippen LogP contribution in [0.25, 0.3) is 0 Å². The van der Waals surface area contributed by atoms with Gasteiger partial charge in [-0.1, -0.05) is 23.7 Å². The first-order valence-corrected chi connectivity index (χ1v) is 7.23. The topological polar surface area (TPSA) is 43.8 Å². The smallest absolute Gasteiger partial charge is 0.162 e. The predicted octanol–water partition coefficient (Wildman–Crippen LogP) is 1.80. The molecule has 0 spiro atoms. The molecule has 0 saturated carbocycles. The zero-order valence-electron chi connectivity index (χ0n) is 12.0. The molecule has 0 aromatic heterocycles. The van der Waals surface area contributed by atoms with Crippen molar-refractivity contribution in [3.8, 4) is 0 Å². The number of para-hydroxylation sites is 1. The molecule has 1 aromatic rings. The van der Waals surface area contributed by atoms with E-state index in [0.29, 0.717) is 6.54 Å². The number of hydrogen-bond acceptors (Lipinski definition) is 4. The number of benzene rings is 1. The summed E-state index contributed by atoms with van der Waals surface area (Å²) >= 11 is 6.20. The number of ketones is 1. The van der Waals surface area contributed by atoms with Gasteiger partial charge in [0, 0.05) is 32.7 Å². The maximum Gasteiger partial charge on any atom is 0.162 e. The van der Waals surface area contributed by atoms with E-state index in [2.05, 4.69) is 9.80 Å². The van der Waals surface area contributed by atoms with E-state index in [1.165, 1.54) is 6.92 Å². The first kappa shape index (κ1) is 15.3. The number of carbonyl (C=O) groups excluding carboxylic acids is 1. The number of aliphatic hydroxyl groups is 1. The van der Waals surface area contributed by atoms with Gasteiger partial charge in [-0.05, 0) is 26.0 Å². The third kappa shape index (κ3) is 3.51. The minimum Gasteiger partial charge on any atom is -0.381 e. The average Bonchev–Trinajstić information content (AvgIpc) is 2.40. The van der Waals surface area contributed by atoms with E-state index in [0.717, 1.165) is 36.9 Å². The van der Waals surface area contributed by atoms with Crippen molar-refractivity contribution in [2.24, 2.45) is 0 Å². The molecule has 1 aliphatic heterocycles. The van der Waals surface area contributed by atoms with Crippen molar-refractivity contribution >= 4 is 23.1 Å². The Bertz CT molecular complexity index is 483. The number of halogens is 1. The lowest BCUT2D eigenvalue weighted by Gasteiger charge is -2.38. The molecule has 1 saturated heterocycles. The molecular weight excluding hydrogens is 276 g/mol. The molecule has 0 radical (unpaired) electrons. The van der Waals surface area contributed by atoms with Gasteiger partial charge in [-0.2, -0.15) is 0 Å². The van der Waals surface area contributed by atoms with Crippen molar-refractivity contribution in [1.82, 2.24) is 4.90 Å². The number of β-amino-alcohol motifs (C(OH)–C–C–N with tert-alkyl or cyclic N) is 1. The van der Waals surface area contributed by atoms with E-state index in [9.17, 15) is 9.90 Å². The lowest BCUT2D eigenvalue weighted by Crippen LogP contribution is -2.53. The second-order valence-corrected chi connectivity index (χ2v) is 5.95. The maximum absolute atomic E-state index is 11.4. The van der Waals surface area contributed by atoms with Gasteiger partial charge < -0.3 is 10.0 Å². The van der Waals surface area contributed by atoms with Crippen molar-refractivity contribution < 1.29 is 9.90 Å². The molecule has 20 heavy (non-hydrogen) atoms. The Hall–Kier alpha value is -1.10. The first-order chi connectivity index (χ1) is 9.40. The van der Waals surface area contributed by atoms with Crippen LogP contribution in [0.5, 0.6) is 0 Å². The number of nitrogens with zero attached hydrogens (tertiary/aromatic N) is 2. The fourth-order valence-electron chi connectivity index (χ4n) is 2.40. The van der Waals surface area contributed by atoms with Gasteiger partial charge in [0.2, 0.25) is 0 Å². The van der Waals surface area contributed by atoms with E-state index >= 15 is 0 Å². The number of carbonyl (C=O) groups is 1. The quantitative estimate of drug-likeness (QED) is 0.920. The van der Waals surface area contributed by atoms with Crippen LogP contribution < -0.4 is 4.90 Å². The molecule has 0 aliphatic carbocycles. The third-order valence-corrected chi connectivity index (χ3v) is 4.17. The third-order valence-electron chi connectivity index (χ3n) is 3.86. The Labute approximate surface area is 124 Å². The summed E-state index contributed by atoms with van der Waals surface area (Å²) < 4.78 is 0. The van der Waals surface area contributed by atoms with Gasteiger partial charge in [0.1, 0.15) is 5.60 Å². The summed E-state index contributed by atoms with van der Waals surface area (Å²) in [7, 11) is 0. The molecule has 1 heterocycles. The normalized spacial score (nSPS) is 19.7. The van der Waals surface area contributed by atoms with Crippen molar-refractivity contribution in [3.05, 3.63) is 29.3 Å². The number of hydrogen-bond donors (Lipinski definition) is 1. The molecular formula is C15H21ClN2O2. The molecule has 0 bridgehead atoms. The molecule has 1 atom stereocenters. The van der Waals surface area contributed by atoms with Crippen LogP contribution in [0.4, 0.5) is 5.69 Å². The Morgan fingerprint density at radius 1 is 1.30 bits per heavy atom. The zero-order chi connectivity index (χ0) is 14.8. The van der Waals surface area contributed by atoms with Gasteiger partial charge in [0.05, 0.1) is 10.7 Å². The average molecular weight is 297 g/mol. The van der Waals surface area contributed by atoms with Crippen LogP contribution in [0.3, 0.4) is 0 Å². The monoisotopic (exact) mass is 296 g/mol. The van der Waals surface area contributed by atoms with E-state index in [-0.39, 0.29) is 5.78 Å². The van der Waals surface area contributed by atoms with Crippen LogP contribution in [0, 0.1) is 0 Å². The summed E-state index contributed by atoms with van der Waals surface area (Å²) in [5, 5.41) is 10.8. The first-order valence-electron chi connectivity index (χ1n) is 6.85. The Kier molecular flexibility index (Phi) is 4.68. The van der Waals surface area contributed by atoms with Crippen molar-refractivity contribution in [3.63, 3.8) is 0 Å². The van der Waals surface area contributed by atoms with Crippen molar-refractivity contribution in [1.29, 1.82) is 0 Å². The Morgan fingerprint density at radius 2 is 1.90 bits per heavy atom. The van der Waals surface area contributed by atoms with Gasteiger partial charge in [-0.3, -0.25) is 9.69 Å². The fraction of sp³-hybridized carbons (Fsp3) is 0.533. The van der Waals surface area contributed by atoms with Gasteiger partial charge in [0.15, 0.2) is 5.78 Å². The van der Waals surface area contributed by atoms with E-state index in [4.69, 9.17) is 11.6 Å². The molecule has 1 aromatic carbocycles. The van der Waals surface area contributed by atoms with E-state index in [1.54, 1.807) is 6.92 Å². The SMILES string of the molecule is CC(=O)[C@@](C)(O)CN1CCN(c2ccccc2Cl)CC1. The zero-order valence-corrected chi connectivity index (χ0v) is 12.7. The maximum atomic E-state index is 11.4. The highest BCUT2D eigenvalue weighted by Gasteiger charge is 2.30. The molecule has 1 aliphatic rings. The molecule has 1 fully saturated rings. The largest absolute Gasteiger partial charge is 0.381 e. The second kappa shape index (κ2) is 6.12. The Balaban J connectivity index is 1.93. The van der Waals surface area contributed by atoms with Gasteiger partial charge in [-0.25, -0.2) is 0 Å². The number of Topliss-reactive ketones (excluding diaryl/α,β-unsaturated/α-hetero) is 1. The van der Waals surface area contributed by atoms with Crippen LogP contribution in [0.2, 0.25) is 5.02 Å². The number of piperazine rings is 1. The van der Waals surface area contributed by atoms with Crippen LogP contribution in [0.1, 0.15) is 13.8 Å². The van der Waals surface area contributed by atoms with Crippen molar-refractivity contribution in [2.45, 2.75) is 19.4 Å². The molecule has 0 unspecified atom stereocenters. The van der Waals surface area contributed by atoms with E-state index < -0.39 is 5.60 Å². The number of anilines is 1. The summed E-state index contributed by atoms with van der Waals surface area (Å²) in [5.41, 5.74) is -0.209. The molecule has 2 rings (SSSR count). The summed E-state index contributed by atoms with van der Waals surface area (Å²) in [5.74, 6) is -0.189. The van der Waals surface area contributed by atoms with Gasteiger partial charge in [0.25, 0.3) is 0 Å². The predicted molar refractivity (Wildman–Crippen MR) is 81.4 cm³/mol. The lowest BCUT2D eigenvalue weighted by molar-refractivity contribution is -0.135. The van der Waals surface area contributed by atoms with Gasteiger partial charge >= 0.3 is 0 Å². The molecule has 5 heteroatoms.